The molecule has 2 heterocycles. The van der Waals surface area contributed by atoms with Crippen molar-refractivity contribution in [3.8, 4) is 0 Å². The molecule has 0 aliphatic carbocycles. The second kappa shape index (κ2) is 11.4. The van der Waals surface area contributed by atoms with Crippen LogP contribution in [0.3, 0.4) is 0 Å². The third kappa shape index (κ3) is 6.34. The Morgan fingerprint density at radius 3 is 2.41 bits per heavy atom. The summed E-state index contributed by atoms with van der Waals surface area (Å²) in [5.74, 6) is 0.138. The first-order valence-electron chi connectivity index (χ1n) is 9.88. The molecule has 0 aromatic heterocycles. The SMILES string of the molecule is Cl.Cl.O=C(CCN1CCN(c2ccccc2)CC1)NCc1ccc2c(c1)CNC2. The number of anilines is 1. The summed E-state index contributed by atoms with van der Waals surface area (Å²) >= 11 is 0. The molecule has 5 nitrogen and oxygen atoms in total. The van der Waals surface area contributed by atoms with Gasteiger partial charge < -0.3 is 15.5 Å². The Bertz CT molecular complexity index is 780. The van der Waals surface area contributed by atoms with E-state index >= 15 is 0 Å². The third-order valence-electron chi connectivity index (χ3n) is 5.54. The molecule has 0 bridgehead atoms. The Morgan fingerprint density at radius 2 is 1.66 bits per heavy atom. The molecule has 0 radical (unpaired) electrons. The van der Waals surface area contributed by atoms with Gasteiger partial charge in [0.1, 0.15) is 0 Å². The first-order chi connectivity index (χ1) is 13.3. The zero-order valence-corrected chi connectivity index (χ0v) is 18.2. The van der Waals surface area contributed by atoms with Crippen molar-refractivity contribution in [2.75, 3.05) is 37.6 Å². The summed E-state index contributed by atoms with van der Waals surface area (Å²) in [6, 6.07) is 17.1. The van der Waals surface area contributed by atoms with Gasteiger partial charge in [-0.3, -0.25) is 9.69 Å². The second-order valence-corrected chi connectivity index (χ2v) is 7.40. The van der Waals surface area contributed by atoms with Crippen molar-refractivity contribution in [1.82, 2.24) is 15.5 Å². The smallest absolute Gasteiger partial charge is 0.221 e. The van der Waals surface area contributed by atoms with Crippen LogP contribution in [0.2, 0.25) is 0 Å². The van der Waals surface area contributed by atoms with Gasteiger partial charge in [-0.25, -0.2) is 0 Å². The maximum Gasteiger partial charge on any atom is 0.221 e. The van der Waals surface area contributed by atoms with Gasteiger partial charge >= 0.3 is 0 Å². The van der Waals surface area contributed by atoms with Crippen LogP contribution in [0.4, 0.5) is 5.69 Å². The summed E-state index contributed by atoms with van der Waals surface area (Å²) in [6.07, 6.45) is 0.567. The van der Waals surface area contributed by atoms with Crippen molar-refractivity contribution < 1.29 is 4.79 Å². The van der Waals surface area contributed by atoms with Crippen LogP contribution in [0, 0.1) is 0 Å². The van der Waals surface area contributed by atoms with Crippen LogP contribution < -0.4 is 15.5 Å². The Morgan fingerprint density at radius 1 is 0.931 bits per heavy atom. The number of nitrogens with zero attached hydrogens (tertiary/aromatic N) is 2. The number of nitrogens with one attached hydrogen (secondary N) is 2. The highest BCUT2D eigenvalue weighted by atomic mass is 35.5. The molecule has 29 heavy (non-hydrogen) atoms. The molecule has 0 atom stereocenters. The van der Waals surface area contributed by atoms with Crippen LogP contribution in [-0.2, 0) is 24.4 Å². The summed E-state index contributed by atoms with van der Waals surface area (Å²) in [6.45, 7) is 7.42. The summed E-state index contributed by atoms with van der Waals surface area (Å²) in [4.78, 5) is 17.0. The van der Waals surface area contributed by atoms with E-state index in [9.17, 15) is 4.79 Å². The van der Waals surface area contributed by atoms with E-state index in [1.807, 2.05) is 0 Å². The molecular weight excluding hydrogens is 407 g/mol. The molecule has 4 rings (SSSR count). The molecule has 2 aliphatic heterocycles. The fourth-order valence-electron chi connectivity index (χ4n) is 3.88. The van der Waals surface area contributed by atoms with Gasteiger partial charge in [-0.2, -0.15) is 0 Å². The van der Waals surface area contributed by atoms with E-state index in [1.54, 1.807) is 0 Å². The number of hydrogen-bond acceptors (Lipinski definition) is 4. The average Bonchev–Trinajstić information content (AvgIpc) is 3.19. The molecule has 0 unspecified atom stereocenters. The molecule has 1 saturated heterocycles. The number of carbonyl (C=O) groups is 1. The van der Waals surface area contributed by atoms with E-state index in [1.165, 1.54) is 22.4 Å². The maximum absolute atomic E-state index is 12.2. The average molecular weight is 437 g/mol. The molecule has 0 saturated carbocycles. The molecule has 2 aromatic rings. The van der Waals surface area contributed by atoms with Gasteiger partial charge in [0.15, 0.2) is 0 Å². The minimum Gasteiger partial charge on any atom is -0.369 e. The zero-order chi connectivity index (χ0) is 18.5. The summed E-state index contributed by atoms with van der Waals surface area (Å²) in [7, 11) is 0. The largest absolute Gasteiger partial charge is 0.369 e. The van der Waals surface area contributed by atoms with Crippen molar-refractivity contribution in [2.45, 2.75) is 26.1 Å². The van der Waals surface area contributed by atoms with Crippen LogP contribution >= 0.6 is 24.8 Å². The molecule has 2 aliphatic rings. The number of amides is 1. The predicted molar refractivity (Wildman–Crippen MR) is 123 cm³/mol. The molecule has 7 heteroatoms. The molecule has 0 spiro atoms. The monoisotopic (exact) mass is 436 g/mol. The van der Waals surface area contributed by atoms with Crippen LogP contribution in [0.15, 0.2) is 48.5 Å². The van der Waals surface area contributed by atoms with Gasteiger partial charge in [0.05, 0.1) is 0 Å². The Kier molecular flexibility index (Phi) is 9.24. The highest BCUT2D eigenvalue weighted by Gasteiger charge is 2.17. The van der Waals surface area contributed by atoms with Gasteiger partial charge in [-0.1, -0.05) is 36.4 Å². The standard InChI is InChI=1S/C22H28N4O.2ClH/c27-22(24-15-18-6-7-19-16-23-17-20(19)14-18)8-9-25-10-12-26(13-11-25)21-4-2-1-3-5-21;;/h1-7,14,23H,8-13,15-17H2,(H,24,27);2*1H. The number of para-hydroxylation sites is 1. The van der Waals surface area contributed by atoms with Gasteiger partial charge in [-0.15, -0.1) is 24.8 Å². The molecule has 158 valence electrons. The van der Waals surface area contributed by atoms with Crippen molar-refractivity contribution in [3.63, 3.8) is 0 Å². The second-order valence-electron chi connectivity index (χ2n) is 7.40. The van der Waals surface area contributed by atoms with Crippen molar-refractivity contribution in [1.29, 1.82) is 0 Å². The van der Waals surface area contributed by atoms with Gasteiger partial charge in [0, 0.05) is 64.5 Å². The lowest BCUT2D eigenvalue weighted by Gasteiger charge is -2.36. The minimum atomic E-state index is 0. The number of fused-ring (bicyclic) bond motifs is 1. The Labute approximate surface area is 185 Å². The van der Waals surface area contributed by atoms with Gasteiger partial charge in [0.2, 0.25) is 5.91 Å². The van der Waals surface area contributed by atoms with E-state index in [2.05, 4.69) is 69.0 Å². The highest BCUT2D eigenvalue weighted by Crippen LogP contribution is 2.17. The number of halogens is 2. The Hall–Kier alpha value is -1.79. The molecule has 1 fully saturated rings. The van der Waals surface area contributed by atoms with Gasteiger partial charge in [-0.05, 0) is 28.8 Å². The fourth-order valence-corrected chi connectivity index (χ4v) is 3.88. The van der Waals surface area contributed by atoms with Crippen molar-refractivity contribution in [2.24, 2.45) is 0 Å². The lowest BCUT2D eigenvalue weighted by Crippen LogP contribution is -2.47. The number of carbonyl (C=O) groups excluding carboxylic acids is 1. The van der Waals surface area contributed by atoms with E-state index < -0.39 is 0 Å². The Balaban J connectivity index is 0.00000150. The van der Waals surface area contributed by atoms with E-state index in [0.29, 0.717) is 13.0 Å². The minimum absolute atomic E-state index is 0. The number of rotatable bonds is 6. The molecule has 2 aromatic carbocycles. The maximum atomic E-state index is 12.2. The zero-order valence-electron chi connectivity index (χ0n) is 16.6. The molecule has 1 amide bonds. The van der Waals surface area contributed by atoms with Crippen molar-refractivity contribution >= 4 is 36.4 Å². The van der Waals surface area contributed by atoms with Crippen LogP contribution in [0.25, 0.3) is 0 Å². The molecular formula is C22H30Cl2N4O. The lowest BCUT2D eigenvalue weighted by molar-refractivity contribution is -0.121. The summed E-state index contributed by atoms with van der Waals surface area (Å²) in [5.41, 5.74) is 5.21. The van der Waals surface area contributed by atoms with Crippen LogP contribution in [-0.4, -0.2) is 43.5 Å². The highest BCUT2D eigenvalue weighted by molar-refractivity contribution is 5.85. The van der Waals surface area contributed by atoms with Crippen LogP contribution in [0.1, 0.15) is 23.1 Å². The van der Waals surface area contributed by atoms with E-state index in [0.717, 1.165) is 45.8 Å². The quantitative estimate of drug-likeness (QED) is 0.730. The number of hydrogen-bond donors (Lipinski definition) is 2. The third-order valence-corrected chi connectivity index (χ3v) is 5.54. The fraction of sp³-hybridized carbons (Fsp3) is 0.409. The van der Waals surface area contributed by atoms with Gasteiger partial charge in [0.25, 0.3) is 0 Å². The summed E-state index contributed by atoms with van der Waals surface area (Å²) in [5, 5.41) is 6.42. The topological polar surface area (TPSA) is 47.6 Å². The number of benzene rings is 2. The van der Waals surface area contributed by atoms with E-state index in [-0.39, 0.29) is 30.7 Å². The first kappa shape index (κ1) is 23.5. The lowest BCUT2D eigenvalue weighted by atomic mass is 10.1. The van der Waals surface area contributed by atoms with Crippen molar-refractivity contribution in [3.05, 3.63) is 65.2 Å². The summed E-state index contributed by atoms with van der Waals surface area (Å²) < 4.78 is 0. The van der Waals surface area contributed by atoms with E-state index in [4.69, 9.17) is 0 Å². The molecule has 2 N–H and O–H groups in total. The number of piperazine rings is 1. The van der Waals surface area contributed by atoms with Crippen LogP contribution in [0.5, 0.6) is 0 Å². The normalized spacial score (nSPS) is 15.8. The first-order valence-corrected chi connectivity index (χ1v) is 9.88. The predicted octanol–water partition coefficient (Wildman–Crippen LogP) is 2.96.